The van der Waals surface area contributed by atoms with Gasteiger partial charge in [0.15, 0.2) is 0 Å². The maximum Gasteiger partial charge on any atom is 0.322 e. The smallest absolute Gasteiger partial charge is 0.322 e. The summed E-state index contributed by atoms with van der Waals surface area (Å²) in [6, 6.07) is 20.7. The van der Waals surface area contributed by atoms with Gasteiger partial charge >= 0.3 is 6.03 Å². The molecule has 1 N–H and O–H groups in total. The Hall–Kier alpha value is -4.33. The molecule has 0 aliphatic carbocycles. The summed E-state index contributed by atoms with van der Waals surface area (Å²) in [6.45, 7) is 4.16. The number of methoxy groups -OCH3 is 2. The lowest BCUT2D eigenvalue weighted by atomic mass is 10.2. The van der Waals surface area contributed by atoms with Crippen molar-refractivity contribution in [2.24, 2.45) is 0 Å². The number of anilines is 1. The van der Waals surface area contributed by atoms with Gasteiger partial charge in [0.05, 0.1) is 36.9 Å². The van der Waals surface area contributed by atoms with Crippen LogP contribution in [0.3, 0.4) is 0 Å². The summed E-state index contributed by atoms with van der Waals surface area (Å²) in [4.78, 5) is 33.4. The molecule has 0 bridgehead atoms. The van der Waals surface area contributed by atoms with Crippen molar-refractivity contribution in [2.45, 2.75) is 19.9 Å². The highest BCUT2D eigenvalue weighted by Crippen LogP contribution is 2.25. The summed E-state index contributed by atoms with van der Waals surface area (Å²) < 4.78 is 12.1. The molecule has 4 aromatic rings. The zero-order chi connectivity index (χ0) is 24.9. The van der Waals surface area contributed by atoms with E-state index >= 15 is 0 Å². The Morgan fingerprint density at radius 1 is 1.00 bits per heavy atom. The molecule has 2 amide bonds. The highest BCUT2D eigenvalue weighted by Gasteiger charge is 2.26. The quantitative estimate of drug-likeness (QED) is 0.408. The molecule has 0 spiro atoms. The van der Waals surface area contributed by atoms with Crippen LogP contribution in [0.4, 0.5) is 10.5 Å². The molecule has 0 saturated heterocycles. The average molecular weight is 473 g/mol. The molecule has 0 radical (unpaired) electrons. The number of ether oxygens (including phenoxy) is 2. The van der Waals surface area contributed by atoms with Crippen molar-refractivity contribution >= 4 is 22.6 Å². The monoisotopic (exact) mass is 472 g/mol. The van der Waals surface area contributed by atoms with E-state index in [1.807, 2.05) is 32.0 Å². The van der Waals surface area contributed by atoms with Gasteiger partial charge < -0.3 is 19.7 Å². The van der Waals surface area contributed by atoms with Gasteiger partial charge in [-0.2, -0.15) is 0 Å². The van der Waals surface area contributed by atoms with Crippen LogP contribution in [-0.4, -0.2) is 41.2 Å². The van der Waals surface area contributed by atoms with E-state index in [1.54, 1.807) is 78.3 Å². The number of amides is 2. The van der Waals surface area contributed by atoms with E-state index in [2.05, 4.69) is 5.32 Å². The van der Waals surface area contributed by atoms with Gasteiger partial charge in [0.25, 0.3) is 5.56 Å². The molecule has 0 saturated carbocycles. The van der Waals surface area contributed by atoms with Crippen LogP contribution >= 0.6 is 0 Å². The van der Waals surface area contributed by atoms with E-state index in [-0.39, 0.29) is 11.6 Å². The standard InChI is InChI=1S/C27H28N4O4/c1-5-30(27(33)28-19-9-8-10-22(17-19)35-4)18(2)25-29-24-12-7-6-11-23(24)26(32)31(25)20-13-15-21(34-3)16-14-20/h6-18H,5H2,1-4H3,(H,28,33). The fraction of sp³-hybridized carbons (Fsp3) is 0.222. The number of para-hydroxylation sites is 1. The Labute approximate surface area is 203 Å². The van der Waals surface area contributed by atoms with Crippen molar-refractivity contribution in [2.75, 3.05) is 26.1 Å². The van der Waals surface area contributed by atoms with Crippen LogP contribution < -0.4 is 20.3 Å². The first-order valence-electron chi connectivity index (χ1n) is 11.3. The molecule has 1 heterocycles. The first kappa shape index (κ1) is 23.8. The van der Waals surface area contributed by atoms with Crippen molar-refractivity contribution in [1.82, 2.24) is 14.5 Å². The topological polar surface area (TPSA) is 85.7 Å². The lowest BCUT2D eigenvalue weighted by molar-refractivity contribution is 0.193. The van der Waals surface area contributed by atoms with Gasteiger partial charge in [0.1, 0.15) is 17.3 Å². The molecule has 8 heteroatoms. The number of rotatable bonds is 7. The van der Waals surface area contributed by atoms with Crippen LogP contribution in [0.1, 0.15) is 25.7 Å². The van der Waals surface area contributed by atoms with Crippen molar-refractivity contribution in [1.29, 1.82) is 0 Å². The summed E-state index contributed by atoms with van der Waals surface area (Å²) in [5.74, 6) is 1.78. The third-order valence-electron chi connectivity index (χ3n) is 5.90. The predicted octanol–water partition coefficient (Wildman–Crippen LogP) is 5.02. The summed E-state index contributed by atoms with van der Waals surface area (Å²) in [7, 11) is 3.16. The fourth-order valence-corrected chi connectivity index (χ4v) is 4.04. The maximum absolute atomic E-state index is 13.6. The molecule has 0 fully saturated rings. The molecule has 8 nitrogen and oxygen atoms in total. The maximum atomic E-state index is 13.6. The lowest BCUT2D eigenvalue weighted by Crippen LogP contribution is -2.39. The Balaban J connectivity index is 1.78. The van der Waals surface area contributed by atoms with E-state index in [0.717, 1.165) is 0 Å². The number of benzene rings is 3. The molecule has 35 heavy (non-hydrogen) atoms. The number of urea groups is 1. The predicted molar refractivity (Wildman–Crippen MR) is 137 cm³/mol. The van der Waals surface area contributed by atoms with Gasteiger partial charge in [-0.15, -0.1) is 0 Å². The SMILES string of the molecule is CCN(C(=O)Nc1cccc(OC)c1)C(C)c1nc2ccccc2c(=O)n1-c1ccc(OC)cc1. The molecule has 1 unspecified atom stereocenters. The Bertz CT molecular complexity index is 1400. The number of nitrogens with zero attached hydrogens (tertiary/aromatic N) is 3. The largest absolute Gasteiger partial charge is 0.497 e. The van der Waals surface area contributed by atoms with E-state index in [9.17, 15) is 9.59 Å². The van der Waals surface area contributed by atoms with E-state index in [0.29, 0.717) is 46.1 Å². The average Bonchev–Trinajstić information content (AvgIpc) is 2.89. The summed E-state index contributed by atoms with van der Waals surface area (Å²) in [5, 5.41) is 3.42. The van der Waals surface area contributed by atoms with Crippen LogP contribution in [0, 0.1) is 0 Å². The fourth-order valence-electron chi connectivity index (χ4n) is 4.04. The lowest BCUT2D eigenvalue weighted by Gasteiger charge is -2.29. The molecule has 180 valence electrons. The van der Waals surface area contributed by atoms with E-state index in [1.165, 1.54) is 0 Å². The number of fused-ring (bicyclic) bond motifs is 1. The van der Waals surface area contributed by atoms with Crippen LogP contribution in [-0.2, 0) is 0 Å². The molecule has 1 atom stereocenters. The molecular formula is C27H28N4O4. The highest BCUT2D eigenvalue weighted by atomic mass is 16.5. The minimum Gasteiger partial charge on any atom is -0.497 e. The third kappa shape index (κ3) is 4.82. The molecule has 1 aromatic heterocycles. The molecule has 0 aliphatic rings. The van der Waals surface area contributed by atoms with Crippen molar-refractivity contribution in [3.63, 3.8) is 0 Å². The summed E-state index contributed by atoms with van der Waals surface area (Å²) in [6.07, 6.45) is 0. The van der Waals surface area contributed by atoms with Gasteiger partial charge in [-0.1, -0.05) is 18.2 Å². The molecule has 4 rings (SSSR count). The number of carbonyl (C=O) groups excluding carboxylic acids is 1. The van der Waals surface area contributed by atoms with Crippen LogP contribution in [0.15, 0.2) is 77.6 Å². The number of carbonyl (C=O) groups is 1. The van der Waals surface area contributed by atoms with Gasteiger partial charge in [0.2, 0.25) is 0 Å². The number of hydrogen-bond donors (Lipinski definition) is 1. The van der Waals surface area contributed by atoms with Crippen molar-refractivity contribution in [3.05, 3.63) is 89.0 Å². The minimum absolute atomic E-state index is 0.202. The van der Waals surface area contributed by atoms with Crippen LogP contribution in [0.5, 0.6) is 11.5 Å². The highest BCUT2D eigenvalue weighted by molar-refractivity contribution is 5.90. The first-order chi connectivity index (χ1) is 17.0. The van der Waals surface area contributed by atoms with Crippen LogP contribution in [0.25, 0.3) is 16.6 Å². The van der Waals surface area contributed by atoms with E-state index < -0.39 is 6.04 Å². The number of nitrogens with one attached hydrogen (secondary N) is 1. The van der Waals surface area contributed by atoms with Crippen molar-refractivity contribution < 1.29 is 14.3 Å². The minimum atomic E-state index is -0.509. The second-order valence-electron chi connectivity index (χ2n) is 7.95. The molecular weight excluding hydrogens is 444 g/mol. The van der Waals surface area contributed by atoms with Gasteiger partial charge in [0, 0.05) is 18.3 Å². The summed E-state index contributed by atoms with van der Waals surface area (Å²) >= 11 is 0. The Morgan fingerprint density at radius 2 is 1.71 bits per heavy atom. The summed E-state index contributed by atoms with van der Waals surface area (Å²) in [5.41, 5.74) is 1.62. The zero-order valence-electron chi connectivity index (χ0n) is 20.2. The number of aromatic nitrogens is 2. The second kappa shape index (κ2) is 10.3. The normalized spacial score (nSPS) is 11.7. The Morgan fingerprint density at radius 3 is 2.40 bits per heavy atom. The van der Waals surface area contributed by atoms with Gasteiger partial charge in [-0.25, -0.2) is 9.78 Å². The second-order valence-corrected chi connectivity index (χ2v) is 7.95. The first-order valence-corrected chi connectivity index (χ1v) is 11.3. The van der Waals surface area contributed by atoms with Gasteiger partial charge in [-0.3, -0.25) is 9.36 Å². The molecule has 0 aliphatic heterocycles. The Kier molecular flexibility index (Phi) is 7.01. The van der Waals surface area contributed by atoms with E-state index in [4.69, 9.17) is 14.5 Å². The number of hydrogen-bond acceptors (Lipinski definition) is 5. The van der Waals surface area contributed by atoms with Crippen LogP contribution in [0.2, 0.25) is 0 Å². The van der Waals surface area contributed by atoms with Crippen molar-refractivity contribution in [3.8, 4) is 17.2 Å². The third-order valence-corrected chi connectivity index (χ3v) is 5.90. The van der Waals surface area contributed by atoms with Gasteiger partial charge in [-0.05, 0) is 62.4 Å². The molecule has 3 aromatic carbocycles. The zero-order valence-corrected chi connectivity index (χ0v) is 20.2.